The van der Waals surface area contributed by atoms with Crippen LogP contribution in [-0.4, -0.2) is 43.0 Å². The van der Waals surface area contributed by atoms with Gasteiger partial charge in [-0.15, -0.1) is 0 Å². The number of hydrogen-bond acceptors (Lipinski definition) is 5. The average Bonchev–Trinajstić information content (AvgIpc) is 3.29. The Morgan fingerprint density at radius 1 is 0.788 bits per heavy atom. The fourth-order valence-corrected chi connectivity index (χ4v) is 8.53. The van der Waals surface area contributed by atoms with Crippen molar-refractivity contribution in [1.29, 1.82) is 0 Å². The molecule has 1 saturated carbocycles. The molecular formula is C36H31F9N2O4S. The molecule has 4 aromatic rings. The van der Waals surface area contributed by atoms with Crippen molar-refractivity contribution < 1.29 is 57.5 Å². The summed E-state index contributed by atoms with van der Waals surface area (Å²) in [4.78, 5) is 16.5. The van der Waals surface area contributed by atoms with Gasteiger partial charge in [-0.1, -0.05) is 36.4 Å². The Bertz CT molecular complexity index is 1920. The van der Waals surface area contributed by atoms with E-state index in [-0.39, 0.29) is 48.5 Å². The molecule has 1 aliphatic carbocycles. The number of halogens is 9. The standard InChI is InChI=1S/C36H31F9N2O4S/c37-25-10-14-27(15-11-25)52(49,50)32-17-13-26(47-33(48)19-22-3-2-18-46-20-22)12-16-28(32)23-6-8-24(9-7-23)34(35(40,41)42,36(43,44)45)51-21-29-30(38)4-1-5-31(29)39/h1-11,14-15,18,20,26,28,32H,12-13,16-17,19,21H2,(H,47,48). The Kier molecular flexibility index (Phi) is 11.4. The monoisotopic (exact) mass is 758 g/mol. The van der Waals surface area contributed by atoms with Crippen LogP contribution in [0.4, 0.5) is 39.5 Å². The molecule has 1 amide bonds. The molecule has 3 unspecified atom stereocenters. The molecule has 0 radical (unpaired) electrons. The predicted molar refractivity (Wildman–Crippen MR) is 170 cm³/mol. The second-order valence-electron chi connectivity index (χ2n) is 12.4. The summed E-state index contributed by atoms with van der Waals surface area (Å²) in [6.45, 7) is -1.73. The smallest absolute Gasteiger partial charge is 0.353 e. The summed E-state index contributed by atoms with van der Waals surface area (Å²) >= 11 is 0. The molecular weight excluding hydrogens is 727 g/mol. The molecule has 52 heavy (non-hydrogen) atoms. The highest BCUT2D eigenvalue weighted by molar-refractivity contribution is 7.92. The van der Waals surface area contributed by atoms with Gasteiger partial charge in [-0.25, -0.2) is 21.6 Å². The molecule has 1 N–H and O–H groups in total. The lowest BCUT2D eigenvalue weighted by molar-refractivity contribution is -0.392. The van der Waals surface area contributed by atoms with Gasteiger partial charge < -0.3 is 10.1 Å². The van der Waals surface area contributed by atoms with Crippen LogP contribution in [0.25, 0.3) is 0 Å². The second-order valence-corrected chi connectivity index (χ2v) is 14.6. The van der Waals surface area contributed by atoms with Crippen LogP contribution in [0.1, 0.15) is 53.9 Å². The number of hydrogen-bond donors (Lipinski definition) is 1. The molecule has 0 aliphatic heterocycles. The first-order valence-electron chi connectivity index (χ1n) is 15.9. The second kappa shape index (κ2) is 15.3. The van der Waals surface area contributed by atoms with Gasteiger partial charge >= 0.3 is 12.4 Å². The minimum Gasteiger partial charge on any atom is -0.353 e. The van der Waals surface area contributed by atoms with E-state index in [1.165, 1.54) is 12.4 Å². The number of benzene rings is 3. The lowest BCUT2D eigenvalue weighted by Gasteiger charge is -2.37. The average molecular weight is 759 g/mol. The Labute approximate surface area is 293 Å². The van der Waals surface area contributed by atoms with Gasteiger partial charge in [0.15, 0.2) is 9.84 Å². The van der Waals surface area contributed by atoms with Crippen LogP contribution in [0.3, 0.4) is 0 Å². The Balaban J connectivity index is 1.50. The van der Waals surface area contributed by atoms with E-state index in [1.54, 1.807) is 12.1 Å². The molecule has 6 nitrogen and oxygen atoms in total. The quantitative estimate of drug-likeness (QED) is 0.100. The van der Waals surface area contributed by atoms with Crippen LogP contribution in [0.5, 0.6) is 0 Å². The highest BCUT2D eigenvalue weighted by Gasteiger charge is 2.73. The summed E-state index contributed by atoms with van der Waals surface area (Å²) in [7, 11) is -4.28. The zero-order valence-corrected chi connectivity index (χ0v) is 27.8. The fourth-order valence-electron chi connectivity index (χ4n) is 6.49. The Morgan fingerprint density at radius 3 is 1.98 bits per heavy atom. The number of aromatic nitrogens is 1. The number of sulfone groups is 1. The zero-order chi connectivity index (χ0) is 37.9. The van der Waals surface area contributed by atoms with Crippen LogP contribution in [-0.2, 0) is 38.0 Å². The first kappa shape index (κ1) is 38.8. The number of rotatable bonds is 10. The SMILES string of the molecule is O=C(Cc1cccnc1)NC1CCC(c2ccc(C(OCc3c(F)cccc3F)(C(F)(F)F)C(F)(F)F)cc2)C(S(=O)(=O)c2ccc(F)cc2)CC1. The van der Waals surface area contributed by atoms with E-state index >= 15 is 0 Å². The largest absolute Gasteiger partial charge is 0.430 e. The number of carbonyl (C=O) groups is 1. The molecule has 0 bridgehead atoms. The van der Waals surface area contributed by atoms with Crippen molar-refractivity contribution in [3.05, 3.63) is 131 Å². The number of ether oxygens (including phenoxy) is 1. The van der Waals surface area contributed by atoms with Gasteiger partial charge in [0.05, 0.1) is 23.2 Å². The van der Waals surface area contributed by atoms with E-state index < -0.39 is 80.2 Å². The zero-order valence-electron chi connectivity index (χ0n) is 27.0. The summed E-state index contributed by atoms with van der Waals surface area (Å²) in [5.74, 6) is -4.90. The lowest BCUT2D eigenvalue weighted by Crippen LogP contribution is -2.55. The third kappa shape index (κ3) is 8.12. The molecule has 1 heterocycles. The fraction of sp³-hybridized carbons (Fsp3) is 0.333. The van der Waals surface area contributed by atoms with Crippen molar-refractivity contribution in [3.8, 4) is 0 Å². The summed E-state index contributed by atoms with van der Waals surface area (Å²) in [5.41, 5.74) is -6.94. The van der Waals surface area contributed by atoms with E-state index in [0.29, 0.717) is 29.8 Å². The maximum Gasteiger partial charge on any atom is 0.430 e. The molecule has 0 saturated heterocycles. The molecule has 3 atom stereocenters. The Morgan fingerprint density at radius 2 is 1.40 bits per heavy atom. The summed E-state index contributed by atoms with van der Waals surface area (Å²) < 4.78 is 162. The maximum atomic E-state index is 14.5. The van der Waals surface area contributed by atoms with E-state index in [9.17, 15) is 52.7 Å². The van der Waals surface area contributed by atoms with Crippen molar-refractivity contribution in [1.82, 2.24) is 10.3 Å². The van der Waals surface area contributed by atoms with Crippen molar-refractivity contribution in [2.75, 3.05) is 0 Å². The van der Waals surface area contributed by atoms with E-state index in [1.807, 2.05) is 0 Å². The Hall–Kier alpha value is -4.44. The number of alkyl halides is 6. The number of nitrogens with one attached hydrogen (secondary N) is 1. The summed E-state index contributed by atoms with van der Waals surface area (Å²) in [6, 6.07) is 11.8. The van der Waals surface area contributed by atoms with Crippen LogP contribution in [0.15, 0.2) is 96.2 Å². The minimum atomic E-state index is -6.17. The van der Waals surface area contributed by atoms with E-state index in [2.05, 4.69) is 15.0 Å². The lowest BCUT2D eigenvalue weighted by atomic mass is 9.86. The number of carbonyl (C=O) groups excluding carboxylic acids is 1. The molecule has 16 heteroatoms. The number of nitrogens with zero attached hydrogens (tertiary/aromatic N) is 1. The molecule has 278 valence electrons. The van der Waals surface area contributed by atoms with Crippen molar-refractivity contribution in [2.24, 2.45) is 0 Å². The molecule has 1 aromatic heterocycles. The van der Waals surface area contributed by atoms with Crippen molar-refractivity contribution in [3.63, 3.8) is 0 Å². The highest BCUT2D eigenvalue weighted by Crippen LogP contribution is 2.54. The summed E-state index contributed by atoms with van der Waals surface area (Å²) in [6.07, 6.45) is -9.00. The third-order valence-electron chi connectivity index (χ3n) is 9.11. The van der Waals surface area contributed by atoms with Crippen LogP contribution in [0.2, 0.25) is 0 Å². The molecule has 3 aromatic carbocycles. The van der Waals surface area contributed by atoms with Crippen LogP contribution >= 0.6 is 0 Å². The normalized spacial score (nSPS) is 18.8. The van der Waals surface area contributed by atoms with E-state index in [0.717, 1.165) is 42.5 Å². The van der Waals surface area contributed by atoms with Crippen LogP contribution in [0, 0.1) is 17.5 Å². The number of amides is 1. The van der Waals surface area contributed by atoms with Crippen molar-refractivity contribution in [2.45, 2.75) is 78.8 Å². The van der Waals surface area contributed by atoms with Gasteiger partial charge in [-0.3, -0.25) is 9.78 Å². The first-order chi connectivity index (χ1) is 24.4. The topological polar surface area (TPSA) is 85.4 Å². The first-order valence-corrected chi connectivity index (χ1v) is 17.5. The van der Waals surface area contributed by atoms with Gasteiger partial charge in [0, 0.05) is 35.5 Å². The van der Waals surface area contributed by atoms with Gasteiger partial charge in [0.25, 0.3) is 5.60 Å². The maximum absolute atomic E-state index is 14.5. The third-order valence-corrected chi connectivity index (χ3v) is 11.4. The van der Waals surface area contributed by atoms with Gasteiger partial charge in [-0.2, -0.15) is 26.3 Å². The van der Waals surface area contributed by atoms with Gasteiger partial charge in [0.2, 0.25) is 5.91 Å². The predicted octanol–water partition coefficient (Wildman–Crippen LogP) is 8.26. The molecule has 0 spiro atoms. The number of pyridine rings is 1. The van der Waals surface area contributed by atoms with Crippen molar-refractivity contribution >= 4 is 15.7 Å². The van der Waals surface area contributed by atoms with Gasteiger partial charge in [-0.05, 0) is 79.3 Å². The summed E-state index contributed by atoms with van der Waals surface area (Å²) in [5, 5.41) is 1.59. The minimum absolute atomic E-state index is 0.0156. The molecule has 1 fully saturated rings. The highest BCUT2D eigenvalue weighted by atomic mass is 32.2. The van der Waals surface area contributed by atoms with Crippen LogP contribution < -0.4 is 5.32 Å². The van der Waals surface area contributed by atoms with Gasteiger partial charge in [0.1, 0.15) is 17.5 Å². The molecule has 5 rings (SSSR count). The molecule has 1 aliphatic rings. The van der Waals surface area contributed by atoms with E-state index in [4.69, 9.17) is 0 Å².